The van der Waals surface area contributed by atoms with Crippen LogP contribution >= 0.6 is 23.1 Å². The Labute approximate surface area is 121 Å². The molecule has 2 aromatic rings. The number of aryl methyl sites for hydroxylation is 2. The van der Waals surface area contributed by atoms with Gasteiger partial charge in [0.05, 0.1) is 11.9 Å². The first-order chi connectivity index (χ1) is 9.13. The number of H-pyrrole nitrogens is 1. The van der Waals surface area contributed by atoms with E-state index in [1.54, 1.807) is 11.3 Å². The zero-order valence-electron chi connectivity index (χ0n) is 11.5. The van der Waals surface area contributed by atoms with Gasteiger partial charge in [0.2, 0.25) is 0 Å². The highest BCUT2D eigenvalue weighted by Gasteiger charge is 2.11. The van der Waals surface area contributed by atoms with Gasteiger partial charge in [-0.15, -0.1) is 11.3 Å². The summed E-state index contributed by atoms with van der Waals surface area (Å²) in [5.41, 5.74) is 1.03. The van der Waals surface area contributed by atoms with Crippen molar-refractivity contribution in [2.45, 2.75) is 26.8 Å². The minimum Gasteiger partial charge on any atom is -0.310 e. The van der Waals surface area contributed by atoms with Gasteiger partial charge in [-0.2, -0.15) is 11.8 Å². The van der Waals surface area contributed by atoms with E-state index >= 15 is 0 Å². The molecule has 0 radical (unpaired) electrons. The molecule has 2 N–H and O–H groups in total. The average Bonchev–Trinajstić information content (AvgIpc) is 2.65. The summed E-state index contributed by atoms with van der Waals surface area (Å²) in [5.74, 6) is 1.88. The first kappa shape index (κ1) is 14.6. The van der Waals surface area contributed by atoms with E-state index in [1.165, 1.54) is 0 Å². The van der Waals surface area contributed by atoms with E-state index in [4.69, 9.17) is 0 Å². The Balaban J connectivity index is 2.11. The second-order valence-corrected chi connectivity index (χ2v) is 6.69. The van der Waals surface area contributed by atoms with E-state index in [0.717, 1.165) is 45.2 Å². The number of thiophene rings is 1. The highest BCUT2D eigenvalue weighted by atomic mass is 32.2. The Morgan fingerprint density at radius 2 is 2.21 bits per heavy atom. The highest BCUT2D eigenvalue weighted by Crippen LogP contribution is 2.25. The number of nitrogens with zero attached hydrogens (tertiary/aromatic N) is 1. The van der Waals surface area contributed by atoms with Gasteiger partial charge in [0, 0.05) is 4.88 Å². The number of hydrogen-bond acceptors (Lipinski definition) is 5. The summed E-state index contributed by atoms with van der Waals surface area (Å²) in [7, 11) is 0. The molecular formula is C13H19N3OS2. The van der Waals surface area contributed by atoms with Crippen molar-refractivity contribution in [1.82, 2.24) is 15.3 Å². The molecule has 0 aromatic carbocycles. The molecule has 0 unspecified atom stereocenters. The zero-order valence-corrected chi connectivity index (χ0v) is 13.1. The van der Waals surface area contributed by atoms with Crippen LogP contribution in [0.2, 0.25) is 0 Å². The van der Waals surface area contributed by atoms with E-state index < -0.39 is 0 Å². The summed E-state index contributed by atoms with van der Waals surface area (Å²) < 4.78 is 0. The quantitative estimate of drug-likeness (QED) is 0.804. The first-order valence-electron chi connectivity index (χ1n) is 6.32. The molecule has 0 saturated carbocycles. The van der Waals surface area contributed by atoms with Crippen LogP contribution in [0.1, 0.15) is 22.7 Å². The Kier molecular flexibility index (Phi) is 5.01. The van der Waals surface area contributed by atoms with Gasteiger partial charge in [-0.1, -0.05) is 0 Å². The SMILES string of the molecule is CSCCCNCc1nc2sc(C)c(C)c2c(=O)[nH]1. The molecule has 0 fully saturated rings. The molecule has 2 aromatic heterocycles. The summed E-state index contributed by atoms with van der Waals surface area (Å²) in [6.07, 6.45) is 3.24. The summed E-state index contributed by atoms with van der Waals surface area (Å²) in [6.45, 7) is 5.58. The number of aromatic amines is 1. The summed E-state index contributed by atoms with van der Waals surface area (Å²) in [5, 5.41) is 4.05. The van der Waals surface area contributed by atoms with Crippen LogP contribution in [0.5, 0.6) is 0 Å². The first-order valence-corrected chi connectivity index (χ1v) is 8.53. The maximum Gasteiger partial charge on any atom is 0.259 e. The third-order valence-electron chi connectivity index (χ3n) is 3.08. The van der Waals surface area contributed by atoms with Crippen molar-refractivity contribution in [1.29, 1.82) is 0 Å². The lowest BCUT2D eigenvalue weighted by Crippen LogP contribution is -2.20. The molecule has 2 rings (SSSR count). The van der Waals surface area contributed by atoms with Gasteiger partial charge in [-0.3, -0.25) is 4.79 Å². The lowest BCUT2D eigenvalue weighted by atomic mass is 10.2. The van der Waals surface area contributed by atoms with Crippen molar-refractivity contribution >= 4 is 33.3 Å². The van der Waals surface area contributed by atoms with Gasteiger partial charge in [-0.05, 0) is 44.4 Å². The molecule has 2 heterocycles. The highest BCUT2D eigenvalue weighted by molar-refractivity contribution is 7.98. The summed E-state index contributed by atoms with van der Waals surface area (Å²) in [6, 6.07) is 0. The van der Waals surface area contributed by atoms with Gasteiger partial charge in [0.25, 0.3) is 5.56 Å². The molecule has 4 nitrogen and oxygen atoms in total. The van der Waals surface area contributed by atoms with E-state index in [0.29, 0.717) is 6.54 Å². The fraction of sp³-hybridized carbons (Fsp3) is 0.538. The van der Waals surface area contributed by atoms with Crippen LogP contribution in [0.25, 0.3) is 10.2 Å². The standard InChI is InChI=1S/C13H19N3OS2/c1-8-9(2)19-13-11(8)12(17)15-10(16-13)7-14-5-4-6-18-3/h14H,4-7H2,1-3H3,(H,15,16,17). The molecule has 0 saturated heterocycles. The second-order valence-electron chi connectivity index (χ2n) is 4.50. The van der Waals surface area contributed by atoms with E-state index in [9.17, 15) is 4.79 Å². The molecule has 104 valence electrons. The van der Waals surface area contributed by atoms with Crippen LogP contribution in [-0.4, -0.2) is 28.5 Å². The minimum atomic E-state index is -0.0206. The third-order valence-corrected chi connectivity index (χ3v) is 4.88. The molecular weight excluding hydrogens is 278 g/mol. The van der Waals surface area contributed by atoms with E-state index in [2.05, 4.69) is 21.5 Å². The van der Waals surface area contributed by atoms with Crippen molar-refractivity contribution in [2.75, 3.05) is 18.6 Å². The smallest absolute Gasteiger partial charge is 0.259 e. The Morgan fingerprint density at radius 3 is 2.95 bits per heavy atom. The normalized spacial score (nSPS) is 11.3. The largest absolute Gasteiger partial charge is 0.310 e. The Hall–Kier alpha value is -0.850. The number of thioether (sulfide) groups is 1. The van der Waals surface area contributed by atoms with Crippen LogP contribution in [0.4, 0.5) is 0 Å². The fourth-order valence-electron chi connectivity index (χ4n) is 1.93. The van der Waals surface area contributed by atoms with Crippen LogP contribution < -0.4 is 10.9 Å². The van der Waals surface area contributed by atoms with Gasteiger partial charge >= 0.3 is 0 Å². The molecule has 0 amide bonds. The number of fused-ring (bicyclic) bond motifs is 1. The predicted octanol–water partition coefficient (Wildman–Crippen LogP) is 2.44. The molecule has 0 bridgehead atoms. The minimum absolute atomic E-state index is 0.0206. The Morgan fingerprint density at radius 1 is 1.42 bits per heavy atom. The molecule has 19 heavy (non-hydrogen) atoms. The fourth-order valence-corrected chi connectivity index (χ4v) is 3.41. The van der Waals surface area contributed by atoms with Gasteiger partial charge in [0.1, 0.15) is 10.7 Å². The van der Waals surface area contributed by atoms with Gasteiger partial charge in [0.15, 0.2) is 0 Å². The lowest BCUT2D eigenvalue weighted by molar-refractivity contribution is 0.654. The molecule has 0 aliphatic rings. The topological polar surface area (TPSA) is 57.8 Å². The molecule has 6 heteroatoms. The number of aromatic nitrogens is 2. The van der Waals surface area contributed by atoms with Gasteiger partial charge in [-0.25, -0.2) is 4.98 Å². The third kappa shape index (κ3) is 3.38. The van der Waals surface area contributed by atoms with Crippen LogP contribution in [-0.2, 0) is 6.54 Å². The summed E-state index contributed by atoms with van der Waals surface area (Å²) in [4.78, 5) is 21.5. The number of hydrogen-bond donors (Lipinski definition) is 2. The van der Waals surface area contributed by atoms with Gasteiger partial charge < -0.3 is 10.3 Å². The maximum atomic E-state index is 12.0. The number of rotatable bonds is 6. The lowest BCUT2D eigenvalue weighted by Gasteiger charge is -2.03. The molecule has 0 aliphatic carbocycles. The monoisotopic (exact) mass is 297 g/mol. The second kappa shape index (κ2) is 6.54. The van der Waals surface area contributed by atoms with E-state index in [-0.39, 0.29) is 5.56 Å². The van der Waals surface area contributed by atoms with Crippen molar-refractivity contribution in [2.24, 2.45) is 0 Å². The van der Waals surface area contributed by atoms with Crippen molar-refractivity contribution in [3.8, 4) is 0 Å². The Bertz CT molecular complexity index is 618. The van der Waals surface area contributed by atoms with Crippen LogP contribution in [0.3, 0.4) is 0 Å². The average molecular weight is 297 g/mol. The van der Waals surface area contributed by atoms with Crippen molar-refractivity contribution in [3.05, 3.63) is 26.6 Å². The molecule has 0 spiro atoms. The molecule has 0 atom stereocenters. The number of nitrogens with one attached hydrogen (secondary N) is 2. The summed E-state index contributed by atoms with van der Waals surface area (Å²) >= 11 is 3.44. The van der Waals surface area contributed by atoms with Crippen molar-refractivity contribution in [3.63, 3.8) is 0 Å². The van der Waals surface area contributed by atoms with Crippen molar-refractivity contribution < 1.29 is 0 Å². The van der Waals surface area contributed by atoms with Crippen LogP contribution in [0.15, 0.2) is 4.79 Å². The molecule has 0 aliphatic heterocycles. The maximum absolute atomic E-state index is 12.0. The van der Waals surface area contributed by atoms with Crippen LogP contribution in [0, 0.1) is 13.8 Å². The predicted molar refractivity (Wildman–Crippen MR) is 84.4 cm³/mol. The zero-order chi connectivity index (χ0) is 13.8. The van der Waals surface area contributed by atoms with E-state index in [1.807, 2.05) is 25.6 Å².